The van der Waals surface area contributed by atoms with E-state index in [1.54, 1.807) is 0 Å². The van der Waals surface area contributed by atoms with Gasteiger partial charge in [-0.05, 0) is 38.5 Å². The summed E-state index contributed by atoms with van der Waals surface area (Å²) in [5, 5.41) is 3.82. The third-order valence-corrected chi connectivity index (χ3v) is 5.07. The summed E-state index contributed by atoms with van der Waals surface area (Å²) in [5.41, 5.74) is 3.84. The summed E-state index contributed by atoms with van der Waals surface area (Å²) in [7, 11) is 0. The molecule has 0 amide bonds. The van der Waals surface area contributed by atoms with E-state index in [2.05, 4.69) is 5.10 Å². The maximum absolute atomic E-state index is 12.8. The number of hydrogen-bond donors (Lipinski definition) is 0. The van der Waals surface area contributed by atoms with E-state index in [1.165, 1.54) is 6.20 Å². The number of carbonyl (C=O) groups excluding carboxylic acids is 1. The molecule has 5 nitrogen and oxygen atoms in total. The van der Waals surface area contributed by atoms with Crippen molar-refractivity contribution in [2.24, 2.45) is 0 Å². The third kappa shape index (κ3) is 3.20. The van der Waals surface area contributed by atoms with Crippen molar-refractivity contribution in [1.82, 2.24) is 14.3 Å². The van der Waals surface area contributed by atoms with Gasteiger partial charge >= 0.3 is 0 Å². The van der Waals surface area contributed by atoms with Gasteiger partial charge in [-0.1, -0.05) is 41.4 Å². The van der Waals surface area contributed by atoms with E-state index >= 15 is 0 Å². The molecule has 0 saturated carbocycles. The Labute approximate surface area is 160 Å². The molecule has 3 aromatic rings. The van der Waals surface area contributed by atoms with Gasteiger partial charge in [0.25, 0.3) is 5.56 Å². The zero-order chi connectivity index (χ0) is 19.0. The number of nitrogens with zero attached hydrogens (tertiary/aromatic N) is 3. The first-order valence-electron chi connectivity index (χ1n) is 8.00. The third-order valence-electron chi connectivity index (χ3n) is 4.32. The zero-order valence-corrected chi connectivity index (χ0v) is 16.1. The van der Waals surface area contributed by atoms with E-state index < -0.39 is 5.56 Å². The van der Waals surface area contributed by atoms with Gasteiger partial charge in [0.15, 0.2) is 5.78 Å². The standard InChI is InChI=1S/C19H17Cl2N3O2/c1-11-6-4-5-7-16(11)24-12(2)8-14(13(24)3)17(25)10-23-19(26)18(21)15(20)9-22-23/h4-9H,10H2,1-3H3. The van der Waals surface area contributed by atoms with Crippen molar-refractivity contribution >= 4 is 29.0 Å². The minimum atomic E-state index is -0.583. The summed E-state index contributed by atoms with van der Waals surface area (Å²) < 4.78 is 3.06. The maximum atomic E-state index is 12.8. The Hall–Kier alpha value is -2.37. The molecule has 0 aliphatic heterocycles. The fourth-order valence-corrected chi connectivity index (χ4v) is 3.28. The van der Waals surface area contributed by atoms with E-state index in [1.807, 2.05) is 55.7 Å². The molecule has 0 aliphatic carbocycles. The molecule has 0 saturated heterocycles. The molecular formula is C19H17Cl2N3O2. The van der Waals surface area contributed by atoms with Crippen molar-refractivity contribution in [3.05, 3.63) is 79.4 Å². The van der Waals surface area contributed by atoms with Gasteiger partial charge in [-0.2, -0.15) is 5.10 Å². The lowest BCUT2D eigenvalue weighted by Crippen LogP contribution is -2.27. The van der Waals surface area contributed by atoms with Crippen LogP contribution in [0.5, 0.6) is 0 Å². The van der Waals surface area contributed by atoms with Crippen LogP contribution < -0.4 is 5.56 Å². The monoisotopic (exact) mass is 389 g/mol. The first-order valence-corrected chi connectivity index (χ1v) is 8.76. The van der Waals surface area contributed by atoms with Crippen LogP contribution in [0.3, 0.4) is 0 Å². The van der Waals surface area contributed by atoms with Crippen LogP contribution in [0.2, 0.25) is 10.0 Å². The molecule has 0 spiro atoms. The molecule has 2 aromatic heterocycles. The summed E-state index contributed by atoms with van der Waals surface area (Å²) in [5.74, 6) is -0.217. The number of para-hydroxylation sites is 1. The van der Waals surface area contributed by atoms with Gasteiger partial charge in [-0.3, -0.25) is 9.59 Å². The minimum absolute atomic E-state index is 0.0677. The number of hydrogen-bond acceptors (Lipinski definition) is 3. The molecule has 134 valence electrons. The van der Waals surface area contributed by atoms with E-state index in [-0.39, 0.29) is 22.4 Å². The van der Waals surface area contributed by atoms with Gasteiger partial charge in [0.05, 0.1) is 11.2 Å². The fourth-order valence-electron chi connectivity index (χ4n) is 3.01. The summed E-state index contributed by atoms with van der Waals surface area (Å²) >= 11 is 11.6. The highest BCUT2D eigenvalue weighted by atomic mass is 35.5. The van der Waals surface area contributed by atoms with Gasteiger partial charge in [-0.25, -0.2) is 4.68 Å². The van der Waals surface area contributed by atoms with Crippen molar-refractivity contribution in [2.75, 3.05) is 0 Å². The van der Waals surface area contributed by atoms with Crippen LogP contribution in [0.4, 0.5) is 0 Å². The summed E-state index contributed by atoms with van der Waals surface area (Å²) in [6, 6.07) is 9.79. The smallest absolute Gasteiger partial charge is 0.287 e. The number of aryl methyl sites for hydroxylation is 2. The molecule has 26 heavy (non-hydrogen) atoms. The maximum Gasteiger partial charge on any atom is 0.287 e. The molecule has 0 bridgehead atoms. The Morgan fingerprint density at radius 2 is 1.85 bits per heavy atom. The van der Waals surface area contributed by atoms with Crippen LogP contribution >= 0.6 is 23.2 Å². The Morgan fingerprint density at radius 1 is 1.15 bits per heavy atom. The molecule has 1 aromatic carbocycles. The van der Waals surface area contributed by atoms with Gasteiger partial charge < -0.3 is 4.57 Å². The average molecular weight is 390 g/mol. The largest absolute Gasteiger partial charge is 0.317 e. The van der Waals surface area contributed by atoms with Gasteiger partial charge in [0, 0.05) is 22.6 Å². The van der Waals surface area contributed by atoms with Crippen LogP contribution in [-0.2, 0) is 6.54 Å². The number of carbonyl (C=O) groups is 1. The molecule has 0 radical (unpaired) electrons. The topological polar surface area (TPSA) is 56.9 Å². The SMILES string of the molecule is Cc1ccccc1-n1c(C)cc(C(=O)Cn2ncc(Cl)c(Cl)c2=O)c1C. The quantitative estimate of drug-likeness (QED) is 0.629. The molecule has 0 atom stereocenters. The molecule has 0 unspecified atom stereocenters. The summed E-state index contributed by atoms with van der Waals surface area (Å²) in [6.07, 6.45) is 1.26. The molecule has 2 heterocycles. The van der Waals surface area contributed by atoms with E-state index in [0.717, 1.165) is 27.3 Å². The lowest BCUT2D eigenvalue weighted by atomic mass is 10.1. The van der Waals surface area contributed by atoms with Crippen molar-refractivity contribution in [3.8, 4) is 5.69 Å². The van der Waals surface area contributed by atoms with Gasteiger partial charge in [0.1, 0.15) is 11.6 Å². The molecule has 7 heteroatoms. The van der Waals surface area contributed by atoms with Crippen LogP contribution in [0.1, 0.15) is 27.3 Å². The fraction of sp³-hybridized carbons (Fsp3) is 0.211. The van der Waals surface area contributed by atoms with Gasteiger partial charge in [-0.15, -0.1) is 0 Å². The minimum Gasteiger partial charge on any atom is -0.317 e. The average Bonchev–Trinajstić information content (AvgIpc) is 2.90. The first-order chi connectivity index (χ1) is 12.3. The first kappa shape index (κ1) is 18.4. The number of rotatable bonds is 4. The second-order valence-electron chi connectivity index (χ2n) is 6.10. The Balaban J connectivity index is 2.00. The van der Waals surface area contributed by atoms with Gasteiger partial charge in [0.2, 0.25) is 0 Å². The van der Waals surface area contributed by atoms with Crippen molar-refractivity contribution in [2.45, 2.75) is 27.3 Å². The summed E-state index contributed by atoms with van der Waals surface area (Å²) in [6.45, 7) is 5.65. The molecule has 0 aliphatic rings. The van der Waals surface area contributed by atoms with Crippen LogP contribution in [0.25, 0.3) is 5.69 Å². The summed E-state index contributed by atoms with van der Waals surface area (Å²) in [4.78, 5) is 24.9. The second-order valence-corrected chi connectivity index (χ2v) is 6.88. The Kier molecular flexibility index (Phi) is 5.03. The number of halogens is 2. The molecule has 0 fully saturated rings. The highest BCUT2D eigenvalue weighted by Crippen LogP contribution is 2.24. The lowest BCUT2D eigenvalue weighted by molar-refractivity contribution is 0.0965. The highest BCUT2D eigenvalue weighted by Gasteiger charge is 2.19. The van der Waals surface area contributed by atoms with Crippen LogP contribution in [0.15, 0.2) is 41.3 Å². The van der Waals surface area contributed by atoms with Crippen LogP contribution in [0, 0.1) is 20.8 Å². The molecule has 0 N–H and O–H groups in total. The highest BCUT2D eigenvalue weighted by molar-refractivity contribution is 6.41. The second kappa shape index (κ2) is 7.09. The van der Waals surface area contributed by atoms with E-state index in [4.69, 9.17) is 23.2 Å². The lowest BCUT2D eigenvalue weighted by Gasteiger charge is -2.12. The normalized spacial score (nSPS) is 11.0. The number of benzene rings is 1. The predicted octanol–water partition coefficient (Wildman–Crippen LogP) is 4.15. The predicted molar refractivity (Wildman–Crippen MR) is 103 cm³/mol. The van der Waals surface area contributed by atoms with Crippen LogP contribution in [-0.4, -0.2) is 20.1 Å². The van der Waals surface area contributed by atoms with Crippen molar-refractivity contribution < 1.29 is 4.79 Å². The number of aromatic nitrogens is 3. The van der Waals surface area contributed by atoms with Crippen molar-refractivity contribution in [3.63, 3.8) is 0 Å². The zero-order valence-electron chi connectivity index (χ0n) is 14.6. The number of ketones is 1. The number of Topliss-reactive ketones (excluding diaryl/α,β-unsaturated/α-hetero) is 1. The van der Waals surface area contributed by atoms with E-state index in [0.29, 0.717) is 5.56 Å². The molecule has 3 rings (SSSR count). The molecular weight excluding hydrogens is 373 g/mol. The Bertz CT molecular complexity index is 1070. The van der Waals surface area contributed by atoms with Crippen molar-refractivity contribution in [1.29, 1.82) is 0 Å². The van der Waals surface area contributed by atoms with E-state index in [9.17, 15) is 9.59 Å². The Morgan fingerprint density at radius 3 is 2.54 bits per heavy atom.